The number of nitrogens with zero attached hydrogens (tertiary/aromatic N) is 1. The molecule has 0 aliphatic carbocycles. The summed E-state index contributed by atoms with van der Waals surface area (Å²) in [5.74, 6) is 0.301. The van der Waals surface area contributed by atoms with Gasteiger partial charge in [-0.3, -0.25) is 15.2 Å². The number of rotatable bonds is 2. The first-order valence-corrected chi connectivity index (χ1v) is 4.46. The van der Waals surface area contributed by atoms with Crippen LogP contribution in [0.2, 0.25) is 0 Å². The molecule has 1 heterocycles. The third-order valence-corrected chi connectivity index (χ3v) is 1.91. The molecule has 0 saturated heterocycles. The topological polar surface area (TPSA) is 108 Å². The number of halogens is 1. The Labute approximate surface area is 87.6 Å². The van der Waals surface area contributed by atoms with Gasteiger partial charge in [-0.1, -0.05) is 0 Å². The number of nitrogens with two attached hydrogens (primary N) is 1. The number of nitrogens with one attached hydrogen (secondary N) is 3. The normalized spacial score (nSPS) is 9.69. The number of hydrogen-bond donors (Lipinski definition) is 4. The summed E-state index contributed by atoms with van der Waals surface area (Å²) in [5, 5.41) is 9.98. The summed E-state index contributed by atoms with van der Waals surface area (Å²) in [7, 11) is 1.62. The highest BCUT2D eigenvalue weighted by atomic mass is 127. The van der Waals surface area contributed by atoms with Crippen LogP contribution in [0.4, 0.5) is 11.6 Å². The van der Waals surface area contributed by atoms with Gasteiger partial charge in [0.25, 0.3) is 5.56 Å². The third-order valence-electron chi connectivity index (χ3n) is 1.40. The second-order valence-corrected chi connectivity index (χ2v) is 3.32. The highest BCUT2D eigenvalue weighted by molar-refractivity contribution is 14.1. The fourth-order valence-electron chi connectivity index (χ4n) is 0.768. The van der Waals surface area contributed by atoms with E-state index in [0.717, 1.165) is 0 Å². The predicted molar refractivity (Wildman–Crippen MR) is 59.7 cm³/mol. The van der Waals surface area contributed by atoms with Crippen molar-refractivity contribution in [1.29, 1.82) is 5.41 Å². The Kier molecular flexibility index (Phi) is 2.86. The number of anilines is 2. The monoisotopic (exact) mass is 293 g/mol. The number of nitrogen functional groups attached to an aromatic ring is 1. The number of aromatic nitrogens is 2. The molecule has 0 atom stereocenters. The van der Waals surface area contributed by atoms with Crippen molar-refractivity contribution in [2.45, 2.75) is 0 Å². The van der Waals surface area contributed by atoms with Crippen LogP contribution in [0.25, 0.3) is 0 Å². The van der Waals surface area contributed by atoms with Crippen LogP contribution in [0, 0.1) is 5.41 Å². The number of aromatic amines is 1. The first kappa shape index (κ1) is 9.96. The summed E-state index contributed by atoms with van der Waals surface area (Å²) < 4.78 is 0.137. The fourth-order valence-corrected chi connectivity index (χ4v) is 1.18. The van der Waals surface area contributed by atoms with Crippen molar-refractivity contribution in [2.24, 2.45) is 0 Å². The summed E-state index contributed by atoms with van der Waals surface area (Å²) in [6, 6.07) is 0. The van der Waals surface area contributed by atoms with Gasteiger partial charge in [0.05, 0.1) is 0 Å². The van der Waals surface area contributed by atoms with Crippen LogP contribution < -0.4 is 16.6 Å². The highest BCUT2D eigenvalue weighted by Gasteiger charge is 2.09. The smallest absolute Gasteiger partial charge is 0.276 e. The maximum Gasteiger partial charge on any atom is 0.276 e. The van der Waals surface area contributed by atoms with Gasteiger partial charge >= 0.3 is 0 Å². The molecule has 0 fully saturated rings. The van der Waals surface area contributed by atoms with Crippen LogP contribution in [-0.4, -0.2) is 20.7 Å². The maximum atomic E-state index is 11.2. The number of H-pyrrole nitrogens is 1. The van der Waals surface area contributed by atoms with Gasteiger partial charge in [-0.2, -0.15) is 0 Å². The summed E-state index contributed by atoms with van der Waals surface area (Å²) in [6.07, 6.45) is 0. The van der Waals surface area contributed by atoms with Gasteiger partial charge in [0.15, 0.2) is 0 Å². The maximum absolute atomic E-state index is 11.2. The molecule has 6 nitrogen and oxygen atoms in total. The van der Waals surface area contributed by atoms with Crippen molar-refractivity contribution in [3.63, 3.8) is 0 Å². The average molecular weight is 293 g/mol. The Hall–Kier alpha value is -1.12. The Morgan fingerprint density at radius 2 is 2.38 bits per heavy atom. The standard InChI is InChI=1S/C6H8IN5O/c1-10-6-11-3(4(7)9)2(8)5(13)12-6/h9H,8H2,1H3,(H2,10,11,12,13). The van der Waals surface area contributed by atoms with Crippen molar-refractivity contribution in [3.05, 3.63) is 16.0 Å². The summed E-state index contributed by atoms with van der Waals surface area (Å²) >= 11 is 1.74. The first-order valence-electron chi connectivity index (χ1n) is 3.38. The van der Waals surface area contributed by atoms with E-state index in [2.05, 4.69) is 15.3 Å². The van der Waals surface area contributed by atoms with Crippen molar-refractivity contribution in [1.82, 2.24) is 9.97 Å². The molecule has 0 aromatic carbocycles. The van der Waals surface area contributed by atoms with E-state index in [0.29, 0.717) is 5.95 Å². The minimum Gasteiger partial charge on any atom is -0.392 e. The molecular formula is C6H8IN5O. The zero-order chi connectivity index (χ0) is 10.0. The molecule has 0 spiro atoms. The minimum absolute atomic E-state index is 0.0293. The first-order chi connectivity index (χ1) is 6.06. The van der Waals surface area contributed by atoms with Gasteiger partial charge in [-0.25, -0.2) is 4.98 Å². The predicted octanol–water partition coefficient (Wildman–Crippen LogP) is 0.154. The zero-order valence-electron chi connectivity index (χ0n) is 6.81. The summed E-state index contributed by atoms with van der Waals surface area (Å²) in [4.78, 5) is 17.5. The lowest BCUT2D eigenvalue weighted by atomic mass is 10.4. The molecule has 0 aliphatic rings. The molecule has 0 bridgehead atoms. The fraction of sp³-hybridized carbons (Fsp3) is 0.167. The summed E-state index contributed by atoms with van der Waals surface area (Å²) in [5.41, 5.74) is 5.17. The molecule has 0 unspecified atom stereocenters. The lowest BCUT2D eigenvalue weighted by Gasteiger charge is -2.03. The average Bonchev–Trinajstić information content (AvgIpc) is 2.09. The molecule has 0 amide bonds. The van der Waals surface area contributed by atoms with Gasteiger partial charge in [-0.15, -0.1) is 0 Å². The third kappa shape index (κ3) is 1.97. The van der Waals surface area contributed by atoms with Crippen molar-refractivity contribution in [3.8, 4) is 0 Å². The quantitative estimate of drug-likeness (QED) is 0.460. The van der Waals surface area contributed by atoms with E-state index >= 15 is 0 Å². The van der Waals surface area contributed by atoms with E-state index in [-0.39, 0.29) is 15.1 Å². The van der Waals surface area contributed by atoms with Crippen LogP contribution in [-0.2, 0) is 0 Å². The van der Waals surface area contributed by atoms with Crippen molar-refractivity contribution >= 4 is 37.9 Å². The second kappa shape index (κ2) is 3.73. The van der Waals surface area contributed by atoms with Crippen LogP contribution in [0.3, 0.4) is 0 Å². The molecule has 1 aromatic rings. The van der Waals surface area contributed by atoms with Gasteiger partial charge in [0, 0.05) is 7.05 Å². The Balaban J connectivity index is 3.42. The largest absolute Gasteiger partial charge is 0.392 e. The van der Waals surface area contributed by atoms with Gasteiger partial charge in [0.1, 0.15) is 15.1 Å². The van der Waals surface area contributed by atoms with Crippen molar-refractivity contribution < 1.29 is 0 Å². The number of hydrogen-bond acceptors (Lipinski definition) is 5. The van der Waals surface area contributed by atoms with Crippen LogP contribution >= 0.6 is 22.6 Å². The van der Waals surface area contributed by atoms with E-state index in [1.54, 1.807) is 29.6 Å². The van der Waals surface area contributed by atoms with Gasteiger partial charge < -0.3 is 11.1 Å². The lowest BCUT2D eigenvalue weighted by Crippen LogP contribution is -2.19. The van der Waals surface area contributed by atoms with E-state index in [4.69, 9.17) is 11.1 Å². The Bertz CT molecular complexity index is 399. The molecule has 1 aromatic heterocycles. The molecule has 5 N–H and O–H groups in total. The van der Waals surface area contributed by atoms with E-state index in [9.17, 15) is 4.79 Å². The van der Waals surface area contributed by atoms with Crippen molar-refractivity contribution in [2.75, 3.05) is 18.1 Å². The molecule has 0 aliphatic heterocycles. The van der Waals surface area contributed by atoms with Crippen LogP contribution in [0.15, 0.2) is 4.79 Å². The van der Waals surface area contributed by atoms with Crippen LogP contribution in [0.5, 0.6) is 0 Å². The van der Waals surface area contributed by atoms with E-state index < -0.39 is 5.56 Å². The highest BCUT2D eigenvalue weighted by Crippen LogP contribution is 2.09. The van der Waals surface area contributed by atoms with E-state index in [1.807, 2.05) is 0 Å². The molecule has 13 heavy (non-hydrogen) atoms. The lowest BCUT2D eigenvalue weighted by molar-refractivity contribution is 1.10. The Morgan fingerprint density at radius 1 is 1.77 bits per heavy atom. The SMILES string of the molecule is CNc1nc(C(=N)I)c(N)c(=O)[nH]1. The van der Waals surface area contributed by atoms with Crippen LogP contribution in [0.1, 0.15) is 5.69 Å². The van der Waals surface area contributed by atoms with Gasteiger partial charge in [0.2, 0.25) is 5.95 Å². The Morgan fingerprint density at radius 3 is 2.85 bits per heavy atom. The zero-order valence-corrected chi connectivity index (χ0v) is 8.97. The minimum atomic E-state index is -0.434. The molecule has 70 valence electrons. The molecule has 7 heteroatoms. The molecule has 0 saturated carbocycles. The van der Waals surface area contributed by atoms with Gasteiger partial charge in [-0.05, 0) is 22.6 Å². The van der Waals surface area contributed by atoms with E-state index in [1.165, 1.54) is 0 Å². The molecule has 1 rings (SSSR count). The molecular weight excluding hydrogens is 285 g/mol. The molecule has 0 radical (unpaired) electrons. The second-order valence-electron chi connectivity index (χ2n) is 2.24. The summed E-state index contributed by atoms with van der Waals surface area (Å²) in [6.45, 7) is 0.